The van der Waals surface area contributed by atoms with Crippen molar-refractivity contribution in [2.75, 3.05) is 0 Å². The molecule has 1 aromatic heterocycles. The van der Waals surface area contributed by atoms with Crippen LogP contribution < -0.4 is 20.7 Å². The molecule has 2 atom stereocenters. The van der Waals surface area contributed by atoms with Crippen LogP contribution in [0.25, 0.3) is 27.5 Å². The Morgan fingerprint density at radius 1 is 0.383 bits per heavy atom. The van der Waals surface area contributed by atoms with Crippen molar-refractivity contribution in [3.05, 3.63) is 233 Å². The van der Waals surface area contributed by atoms with Crippen LogP contribution in [0.1, 0.15) is 97.9 Å². The smallest absolute Gasteiger partial charge is 0.179 e. The van der Waals surface area contributed by atoms with Crippen molar-refractivity contribution in [2.45, 2.75) is 64.2 Å². The number of rotatable bonds is 5. The summed E-state index contributed by atoms with van der Waals surface area (Å²) in [6, 6.07) is 72.7. The van der Waals surface area contributed by atoms with Crippen molar-refractivity contribution in [1.29, 1.82) is 0 Å². The first-order valence-corrected chi connectivity index (χ1v) is 23.7. The molecule has 0 saturated heterocycles. The standard InChI is InChI=1S/C58H51NSi/c1-57(2,3)38-32-34-49-47(36-38)48-37-39(58(4,5)6)33-35-50(48)59(49)51-30-18-28-45-53-43-26-16-17-27-44(43)56(54(45)51)55-46(53)29-19-31-52(55)60(40-20-10-7-11-21-40,41-22-12-8-13-23-41)42-24-14-9-15-25-42/h7-37,53,56H,1-6H3. The molecule has 0 radical (unpaired) electrons. The van der Waals surface area contributed by atoms with Crippen LogP contribution in [0, 0.1) is 0 Å². The maximum atomic E-state index is 2.62. The summed E-state index contributed by atoms with van der Waals surface area (Å²) in [5.74, 6) is 0.167. The minimum atomic E-state index is -2.89. The minimum absolute atomic E-state index is 0.0335. The molecule has 8 aromatic carbocycles. The van der Waals surface area contributed by atoms with E-state index in [4.69, 9.17) is 0 Å². The van der Waals surface area contributed by atoms with E-state index in [1.807, 2.05) is 0 Å². The number of benzene rings is 8. The van der Waals surface area contributed by atoms with Gasteiger partial charge in [-0.2, -0.15) is 0 Å². The highest BCUT2D eigenvalue weighted by Gasteiger charge is 2.50. The number of hydrogen-bond donors (Lipinski definition) is 0. The van der Waals surface area contributed by atoms with Crippen LogP contribution in [-0.4, -0.2) is 12.6 Å². The molecule has 12 rings (SSSR count). The lowest BCUT2D eigenvalue weighted by molar-refractivity contribution is 0.590. The molecule has 0 spiro atoms. The van der Waals surface area contributed by atoms with Crippen LogP contribution in [-0.2, 0) is 10.8 Å². The van der Waals surface area contributed by atoms with Gasteiger partial charge in [-0.25, -0.2) is 0 Å². The van der Waals surface area contributed by atoms with Gasteiger partial charge in [-0.3, -0.25) is 0 Å². The fraction of sp³-hybridized carbons (Fsp3) is 0.172. The molecule has 1 heterocycles. The predicted octanol–water partition coefficient (Wildman–Crippen LogP) is 11.7. The van der Waals surface area contributed by atoms with E-state index >= 15 is 0 Å². The lowest BCUT2D eigenvalue weighted by Crippen LogP contribution is -2.75. The first kappa shape index (κ1) is 36.8. The van der Waals surface area contributed by atoms with Crippen molar-refractivity contribution in [2.24, 2.45) is 0 Å². The highest BCUT2D eigenvalue weighted by molar-refractivity contribution is 7.20. The van der Waals surface area contributed by atoms with Gasteiger partial charge in [0.2, 0.25) is 0 Å². The molecule has 9 aromatic rings. The Hall–Kier alpha value is -6.22. The van der Waals surface area contributed by atoms with E-state index in [-0.39, 0.29) is 22.7 Å². The van der Waals surface area contributed by atoms with E-state index in [1.54, 1.807) is 0 Å². The van der Waals surface area contributed by atoms with E-state index in [1.165, 1.54) is 92.7 Å². The highest BCUT2D eigenvalue weighted by Crippen LogP contribution is 2.57. The quantitative estimate of drug-likeness (QED) is 0.121. The molecule has 0 amide bonds. The summed E-state index contributed by atoms with van der Waals surface area (Å²) in [7, 11) is -2.89. The van der Waals surface area contributed by atoms with E-state index < -0.39 is 8.07 Å². The highest BCUT2D eigenvalue weighted by atomic mass is 28.3. The van der Waals surface area contributed by atoms with Crippen molar-refractivity contribution in [3.8, 4) is 5.69 Å². The van der Waals surface area contributed by atoms with Gasteiger partial charge in [0.1, 0.15) is 0 Å². The zero-order chi connectivity index (χ0) is 41.0. The van der Waals surface area contributed by atoms with Gasteiger partial charge in [-0.05, 0) is 106 Å². The largest absolute Gasteiger partial charge is 0.309 e. The van der Waals surface area contributed by atoms with Crippen LogP contribution >= 0.6 is 0 Å². The first-order valence-electron chi connectivity index (χ1n) is 21.7. The van der Waals surface area contributed by atoms with Gasteiger partial charge in [-0.15, -0.1) is 0 Å². The SMILES string of the molecule is CC(C)(C)c1ccc2c(c1)c1cc(C(C)(C)C)ccc1n2-c1cccc2c1C1c3ccccc3C2c2cccc([Si](c3ccccc3)(c3ccccc3)c3ccccc3)c21. The molecule has 0 saturated carbocycles. The summed E-state index contributed by atoms with van der Waals surface area (Å²) in [4.78, 5) is 0. The second-order valence-electron chi connectivity index (χ2n) is 19.2. The minimum Gasteiger partial charge on any atom is -0.309 e. The Labute approximate surface area is 356 Å². The third-order valence-corrected chi connectivity index (χ3v) is 18.7. The third kappa shape index (κ3) is 5.30. The third-order valence-electron chi connectivity index (χ3n) is 13.8. The molecule has 0 aliphatic heterocycles. The van der Waals surface area contributed by atoms with Gasteiger partial charge in [0.15, 0.2) is 8.07 Å². The van der Waals surface area contributed by atoms with Gasteiger partial charge in [0.05, 0.1) is 16.7 Å². The summed E-state index contributed by atoms with van der Waals surface area (Å²) in [5.41, 5.74) is 15.3. The topological polar surface area (TPSA) is 4.93 Å². The second-order valence-corrected chi connectivity index (χ2v) is 23.0. The monoisotopic (exact) mass is 789 g/mol. The van der Waals surface area contributed by atoms with Crippen LogP contribution in [0.3, 0.4) is 0 Å². The average Bonchev–Trinajstić information content (AvgIpc) is 3.60. The fourth-order valence-corrected chi connectivity index (χ4v) is 16.1. The molecule has 2 bridgehead atoms. The molecule has 3 aliphatic carbocycles. The summed E-state index contributed by atoms with van der Waals surface area (Å²) in [6.07, 6.45) is 0. The van der Waals surface area contributed by atoms with Gasteiger partial charge < -0.3 is 4.57 Å². The molecule has 292 valence electrons. The van der Waals surface area contributed by atoms with E-state index in [9.17, 15) is 0 Å². The summed E-state index contributed by atoms with van der Waals surface area (Å²) >= 11 is 0. The zero-order valence-electron chi connectivity index (χ0n) is 35.5. The van der Waals surface area contributed by atoms with E-state index in [2.05, 4.69) is 234 Å². The van der Waals surface area contributed by atoms with Gasteiger partial charge in [0.25, 0.3) is 0 Å². The lowest BCUT2D eigenvalue weighted by Gasteiger charge is -2.46. The molecule has 2 heteroatoms. The van der Waals surface area contributed by atoms with Crippen LogP contribution in [0.2, 0.25) is 0 Å². The summed E-state index contributed by atoms with van der Waals surface area (Å²) in [5, 5.41) is 8.36. The Bertz CT molecular complexity index is 2940. The van der Waals surface area contributed by atoms with Gasteiger partial charge in [-0.1, -0.05) is 199 Å². The Morgan fingerprint density at radius 2 is 0.800 bits per heavy atom. The molecular formula is C58H51NSi. The van der Waals surface area contributed by atoms with Gasteiger partial charge >= 0.3 is 0 Å². The maximum Gasteiger partial charge on any atom is 0.179 e. The average molecular weight is 790 g/mol. The van der Waals surface area contributed by atoms with Crippen LogP contribution in [0.15, 0.2) is 188 Å². The molecule has 3 aliphatic rings. The Morgan fingerprint density at radius 3 is 1.28 bits per heavy atom. The zero-order valence-corrected chi connectivity index (χ0v) is 36.5. The fourth-order valence-electron chi connectivity index (χ4n) is 11.1. The van der Waals surface area contributed by atoms with Crippen molar-refractivity contribution >= 4 is 50.6 Å². The molecule has 2 unspecified atom stereocenters. The van der Waals surface area contributed by atoms with Crippen molar-refractivity contribution in [3.63, 3.8) is 0 Å². The Kier molecular flexibility index (Phi) is 8.22. The van der Waals surface area contributed by atoms with E-state index in [0.717, 1.165) is 0 Å². The van der Waals surface area contributed by atoms with Crippen molar-refractivity contribution in [1.82, 2.24) is 4.57 Å². The normalized spacial score (nSPS) is 15.8. The molecule has 60 heavy (non-hydrogen) atoms. The number of fused-ring (bicyclic) bond motifs is 3. The Balaban J connectivity index is 1.26. The van der Waals surface area contributed by atoms with Gasteiger partial charge in [0, 0.05) is 22.6 Å². The van der Waals surface area contributed by atoms with Crippen molar-refractivity contribution < 1.29 is 0 Å². The van der Waals surface area contributed by atoms with E-state index in [0.29, 0.717) is 0 Å². The number of hydrogen-bond acceptors (Lipinski definition) is 0. The summed E-state index contributed by atoms with van der Waals surface area (Å²) < 4.78 is 2.62. The number of nitrogens with zero attached hydrogens (tertiary/aromatic N) is 1. The number of aromatic nitrogens is 1. The molecule has 1 nitrogen and oxygen atoms in total. The first-order chi connectivity index (χ1) is 29.1. The van der Waals surface area contributed by atoms with Crippen LogP contribution in [0.5, 0.6) is 0 Å². The molecular weight excluding hydrogens is 739 g/mol. The maximum absolute atomic E-state index is 2.89. The predicted molar refractivity (Wildman–Crippen MR) is 257 cm³/mol. The summed E-state index contributed by atoms with van der Waals surface area (Å²) in [6.45, 7) is 14.0. The second kappa shape index (κ2) is 13.4. The van der Waals surface area contributed by atoms with Crippen LogP contribution in [0.4, 0.5) is 0 Å². The lowest BCUT2D eigenvalue weighted by atomic mass is 9.60. The molecule has 0 N–H and O–H groups in total. The molecule has 0 fully saturated rings.